The lowest BCUT2D eigenvalue weighted by Crippen LogP contribution is -2.06. The number of ketones is 1. The van der Waals surface area contributed by atoms with Crippen molar-refractivity contribution < 1.29 is 24.1 Å². The van der Waals surface area contributed by atoms with Gasteiger partial charge in [-0.2, -0.15) is 0 Å². The lowest BCUT2D eigenvalue weighted by atomic mass is 10.0. The Morgan fingerprint density at radius 1 is 1.00 bits per heavy atom. The van der Waals surface area contributed by atoms with E-state index in [4.69, 9.17) is 9.47 Å². The van der Waals surface area contributed by atoms with Gasteiger partial charge in [-0.1, -0.05) is 12.1 Å². The van der Waals surface area contributed by atoms with Crippen LogP contribution in [0.15, 0.2) is 36.4 Å². The topological polar surface area (TPSA) is 122 Å². The van der Waals surface area contributed by atoms with Gasteiger partial charge in [0.25, 0.3) is 5.69 Å². The first-order valence-electron chi connectivity index (χ1n) is 6.35. The molecule has 0 saturated heterocycles. The normalized spacial score (nSPS) is 12.0. The second kappa shape index (κ2) is 5.37. The highest BCUT2D eigenvalue weighted by Gasteiger charge is 2.30. The van der Waals surface area contributed by atoms with Crippen LogP contribution in [0.1, 0.15) is 15.9 Å². The average Bonchev–Trinajstić information content (AvgIpc) is 3.01. The summed E-state index contributed by atoms with van der Waals surface area (Å²) in [6.07, 6.45) is 0. The number of hydrogen-bond donors (Lipinski definition) is 0. The molecular formula is C14H8N2O7. The average molecular weight is 316 g/mol. The molecule has 3 rings (SSSR count). The summed E-state index contributed by atoms with van der Waals surface area (Å²) in [5.41, 5.74) is -1.05. The van der Waals surface area contributed by atoms with E-state index in [1.807, 2.05) is 0 Å². The van der Waals surface area contributed by atoms with Gasteiger partial charge in [-0.15, -0.1) is 0 Å². The van der Waals surface area contributed by atoms with Crippen molar-refractivity contribution in [3.8, 4) is 11.5 Å². The second-order valence-corrected chi connectivity index (χ2v) is 4.59. The Hall–Kier alpha value is -3.49. The maximum Gasteiger partial charge on any atom is 0.315 e. The van der Waals surface area contributed by atoms with Crippen molar-refractivity contribution in [3.05, 3.63) is 67.8 Å². The van der Waals surface area contributed by atoms with Crippen molar-refractivity contribution in [2.24, 2.45) is 0 Å². The lowest BCUT2D eigenvalue weighted by molar-refractivity contribution is -0.385. The minimum atomic E-state index is -0.710. The van der Waals surface area contributed by atoms with Crippen molar-refractivity contribution in [2.75, 3.05) is 6.79 Å². The van der Waals surface area contributed by atoms with Crippen LogP contribution in [0.3, 0.4) is 0 Å². The Morgan fingerprint density at radius 2 is 1.70 bits per heavy atom. The SMILES string of the molecule is O=C(c1cc2c(c([N+](=O)[O-])c1)OCO2)c1ccccc1[N+](=O)[O-]. The molecule has 0 saturated carbocycles. The van der Waals surface area contributed by atoms with Crippen LogP contribution in [0.2, 0.25) is 0 Å². The zero-order valence-electron chi connectivity index (χ0n) is 11.4. The lowest BCUT2D eigenvalue weighted by Gasteiger charge is -2.04. The van der Waals surface area contributed by atoms with Crippen LogP contribution in [-0.2, 0) is 0 Å². The first-order valence-corrected chi connectivity index (χ1v) is 6.35. The summed E-state index contributed by atoms with van der Waals surface area (Å²) < 4.78 is 10.1. The van der Waals surface area contributed by atoms with E-state index in [0.717, 1.165) is 6.07 Å². The maximum atomic E-state index is 12.5. The number of benzene rings is 2. The quantitative estimate of drug-likeness (QED) is 0.482. The van der Waals surface area contributed by atoms with Gasteiger partial charge >= 0.3 is 5.69 Å². The van der Waals surface area contributed by atoms with E-state index in [-0.39, 0.29) is 35.1 Å². The van der Waals surface area contributed by atoms with Gasteiger partial charge in [-0.3, -0.25) is 25.0 Å². The molecule has 2 aromatic carbocycles. The fourth-order valence-electron chi connectivity index (χ4n) is 2.24. The van der Waals surface area contributed by atoms with E-state index >= 15 is 0 Å². The molecule has 9 nitrogen and oxygen atoms in total. The van der Waals surface area contributed by atoms with Gasteiger partial charge < -0.3 is 9.47 Å². The van der Waals surface area contributed by atoms with Crippen molar-refractivity contribution in [3.63, 3.8) is 0 Å². The minimum Gasteiger partial charge on any atom is -0.453 e. The number of carbonyl (C=O) groups is 1. The molecule has 1 aliphatic heterocycles. The molecule has 0 fully saturated rings. The highest BCUT2D eigenvalue weighted by molar-refractivity contribution is 6.12. The Bertz CT molecular complexity index is 847. The highest BCUT2D eigenvalue weighted by atomic mass is 16.7. The molecule has 9 heteroatoms. The molecule has 2 aromatic rings. The van der Waals surface area contributed by atoms with Crippen LogP contribution in [0.5, 0.6) is 11.5 Å². The molecule has 0 atom stereocenters. The molecule has 0 unspecified atom stereocenters. The van der Waals surface area contributed by atoms with Crippen molar-refractivity contribution >= 4 is 17.2 Å². The molecule has 0 aliphatic carbocycles. The molecule has 116 valence electrons. The molecule has 1 aliphatic rings. The van der Waals surface area contributed by atoms with E-state index in [0.29, 0.717) is 0 Å². The van der Waals surface area contributed by atoms with Crippen molar-refractivity contribution in [1.29, 1.82) is 0 Å². The monoisotopic (exact) mass is 316 g/mol. The Morgan fingerprint density at radius 3 is 2.39 bits per heavy atom. The number of rotatable bonds is 4. The summed E-state index contributed by atoms with van der Waals surface area (Å²) in [5, 5.41) is 22.1. The van der Waals surface area contributed by atoms with E-state index in [1.165, 1.54) is 30.3 Å². The van der Waals surface area contributed by atoms with Crippen LogP contribution < -0.4 is 9.47 Å². The predicted molar refractivity (Wildman–Crippen MR) is 75.7 cm³/mol. The Labute approximate surface area is 128 Å². The van der Waals surface area contributed by atoms with Crippen molar-refractivity contribution in [1.82, 2.24) is 0 Å². The Balaban J connectivity index is 2.13. The van der Waals surface area contributed by atoms with Crippen LogP contribution in [0.4, 0.5) is 11.4 Å². The molecule has 0 aromatic heterocycles. The zero-order valence-corrected chi connectivity index (χ0v) is 11.4. The first kappa shape index (κ1) is 14.4. The van der Waals surface area contributed by atoms with Gasteiger partial charge in [0.15, 0.2) is 11.5 Å². The van der Waals surface area contributed by atoms with E-state index < -0.39 is 21.3 Å². The maximum absolute atomic E-state index is 12.5. The van der Waals surface area contributed by atoms with Crippen molar-refractivity contribution in [2.45, 2.75) is 0 Å². The van der Waals surface area contributed by atoms with Gasteiger partial charge in [0.2, 0.25) is 12.5 Å². The van der Waals surface area contributed by atoms with E-state index in [9.17, 15) is 25.0 Å². The zero-order chi connectivity index (χ0) is 16.6. The van der Waals surface area contributed by atoms with Crippen LogP contribution in [0, 0.1) is 20.2 Å². The molecule has 0 amide bonds. The molecule has 0 spiro atoms. The number of ether oxygens (including phenoxy) is 2. The van der Waals surface area contributed by atoms with Crippen LogP contribution in [0.25, 0.3) is 0 Å². The standard InChI is InChI=1S/C14H8N2O7/c17-13(9-3-1-2-4-10(9)15(18)19)8-5-11(16(20)21)14-12(6-8)22-7-23-14/h1-6H,7H2. The minimum absolute atomic E-state index is 0.0566. The van der Waals surface area contributed by atoms with Crippen LogP contribution in [-0.4, -0.2) is 22.4 Å². The number of para-hydroxylation sites is 1. The number of carbonyl (C=O) groups excluding carboxylic acids is 1. The summed E-state index contributed by atoms with van der Waals surface area (Å²) in [4.78, 5) is 33.3. The van der Waals surface area contributed by atoms with Gasteiger partial charge in [0.1, 0.15) is 5.56 Å². The summed E-state index contributed by atoms with van der Waals surface area (Å²) in [5.74, 6) is -0.714. The van der Waals surface area contributed by atoms with Gasteiger partial charge in [0.05, 0.1) is 9.85 Å². The molecule has 0 N–H and O–H groups in total. The predicted octanol–water partition coefficient (Wildman–Crippen LogP) is 2.46. The first-order chi connectivity index (χ1) is 11.0. The highest BCUT2D eigenvalue weighted by Crippen LogP contribution is 2.42. The molecular weight excluding hydrogens is 308 g/mol. The van der Waals surface area contributed by atoms with Crippen LogP contribution >= 0.6 is 0 Å². The third-order valence-corrected chi connectivity index (χ3v) is 3.26. The number of hydrogen-bond acceptors (Lipinski definition) is 7. The van der Waals surface area contributed by atoms with E-state index in [2.05, 4.69) is 0 Å². The summed E-state index contributed by atoms with van der Waals surface area (Å²) >= 11 is 0. The molecule has 1 heterocycles. The van der Waals surface area contributed by atoms with Gasteiger partial charge in [-0.05, 0) is 12.1 Å². The smallest absolute Gasteiger partial charge is 0.315 e. The van der Waals surface area contributed by atoms with Gasteiger partial charge in [-0.25, -0.2) is 0 Å². The molecule has 0 bridgehead atoms. The van der Waals surface area contributed by atoms with E-state index in [1.54, 1.807) is 0 Å². The fraction of sp³-hybridized carbons (Fsp3) is 0.0714. The summed E-state index contributed by atoms with van der Waals surface area (Å²) in [7, 11) is 0. The summed E-state index contributed by atoms with van der Waals surface area (Å²) in [6, 6.07) is 7.67. The molecule has 23 heavy (non-hydrogen) atoms. The second-order valence-electron chi connectivity index (χ2n) is 4.59. The number of nitro groups is 2. The van der Waals surface area contributed by atoms with Gasteiger partial charge in [0, 0.05) is 17.7 Å². The molecule has 0 radical (unpaired) electrons. The number of fused-ring (bicyclic) bond motifs is 1. The Kier molecular flexibility index (Phi) is 3.37. The third kappa shape index (κ3) is 2.44. The number of nitro benzene ring substituents is 2. The largest absolute Gasteiger partial charge is 0.453 e. The third-order valence-electron chi connectivity index (χ3n) is 3.26. The fourth-order valence-corrected chi connectivity index (χ4v) is 2.24. The number of nitrogens with zero attached hydrogens (tertiary/aromatic N) is 2. The summed E-state index contributed by atoms with van der Waals surface area (Å²) in [6.45, 7) is -0.195.